The SMILES string of the molecule is CCS[C@@H]1C(C(=O)c2ccc(F)cc2)=C(CC(=O)O)C(=O)N1C. The molecule has 1 aromatic rings. The summed E-state index contributed by atoms with van der Waals surface area (Å²) in [5.41, 5.74) is 0.410. The van der Waals surface area contributed by atoms with Crippen molar-refractivity contribution in [3.8, 4) is 0 Å². The van der Waals surface area contributed by atoms with Crippen LogP contribution in [0.1, 0.15) is 23.7 Å². The molecule has 1 N–H and O–H groups in total. The van der Waals surface area contributed by atoms with Crippen molar-refractivity contribution in [1.29, 1.82) is 0 Å². The molecule has 1 amide bonds. The van der Waals surface area contributed by atoms with Gasteiger partial charge in [-0.25, -0.2) is 4.39 Å². The van der Waals surface area contributed by atoms with Crippen LogP contribution in [0.5, 0.6) is 0 Å². The van der Waals surface area contributed by atoms with Crippen LogP contribution in [0, 0.1) is 5.82 Å². The molecule has 1 aromatic carbocycles. The molecule has 0 bridgehead atoms. The first-order valence-corrected chi connectivity index (χ1v) is 8.05. The Morgan fingerprint density at radius 3 is 2.43 bits per heavy atom. The molecule has 7 heteroatoms. The molecule has 122 valence electrons. The largest absolute Gasteiger partial charge is 0.481 e. The highest BCUT2D eigenvalue weighted by atomic mass is 32.2. The van der Waals surface area contributed by atoms with Crippen LogP contribution >= 0.6 is 11.8 Å². The lowest BCUT2D eigenvalue weighted by Gasteiger charge is -2.21. The first-order chi connectivity index (χ1) is 10.9. The van der Waals surface area contributed by atoms with Gasteiger partial charge >= 0.3 is 5.97 Å². The summed E-state index contributed by atoms with van der Waals surface area (Å²) in [7, 11) is 1.54. The number of aliphatic carboxylic acids is 1. The van der Waals surface area contributed by atoms with Crippen LogP contribution in [0.4, 0.5) is 4.39 Å². The van der Waals surface area contributed by atoms with Crippen molar-refractivity contribution in [3.05, 3.63) is 46.8 Å². The molecule has 0 saturated heterocycles. The molecule has 1 atom stereocenters. The Hall–Kier alpha value is -2.15. The molecule has 0 fully saturated rings. The monoisotopic (exact) mass is 337 g/mol. The van der Waals surface area contributed by atoms with Gasteiger partial charge in [0, 0.05) is 23.8 Å². The number of hydrogen-bond donors (Lipinski definition) is 1. The summed E-state index contributed by atoms with van der Waals surface area (Å²) in [6.07, 6.45) is -0.508. The minimum absolute atomic E-state index is 0.000255. The van der Waals surface area contributed by atoms with Gasteiger partial charge < -0.3 is 10.0 Å². The van der Waals surface area contributed by atoms with Gasteiger partial charge in [0.1, 0.15) is 11.2 Å². The molecule has 23 heavy (non-hydrogen) atoms. The molecule has 1 aliphatic heterocycles. The van der Waals surface area contributed by atoms with E-state index >= 15 is 0 Å². The van der Waals surface area contributed by atoms with E-state index in [1.807, 2.05) is 6.92 Å². The third-order valence-corrected chi connectivity index (χ3v) is 4.71. The summed E-state index contributed by atoms with van der Waals surface area (Å²) in [6.45, 7) is 1.89. The fourth-order valence-electron chi connectivity index (χ4n) is 2.46. The van der Waals surface area contributed by atoms with Crippen molar-refractivity contribution in [2.45, 2.75) is 18.7 Å². The summed E-state index contributed by atoms with van der Waals surface area (Å²) in [4.78, 5) is 37.5. The second-order valence-corrected chi connectivity index (χ2v) is 6.38. The fourth-order valence-corrected chi connectivity index (χ4v) is 3.51. The Balaban J connectivity index is 2.51. The number of thioether (sulfide) groups is 1. The van der Waals surface area contributed by atoms with Crippen molar-refractivity contribution in [2.75, 3.05) is 12.8 Å². The number of amides is 1. The predicted octanol–water partition coefficient (Wildman–Crippen LogP) is 2.33. The summed E-state index contributed by atoms with van der Waals surface area (Å²) >= 11 is 1.38. The van der Waals surface area contributed by atoms with Crippen LogP contribution in [0.2, 0.25) is 0 Å². The van der Waals surface area contributed by atoms with Crippen molar-refractivity contribution < 1.29 is 23.9 Å². The molecule has 0 aromatic heterocycles. The van der Waals surface area contributed by atoms with E-state index in [0.717, 1.165) is 12.1 Å². The van der Waals surface area contributed by atoms with E-state index in [-0.39, 0.29) is 16.7 Å². The minimum atomic E-state index is -1.17. The number of halogens is 1. The third-order valence-electron chi connectivity index (χ3n) is 3.51. The third kappa shape index (κ3) is 3.44. The first kappa shape index (κ1) is 17.2. The van der Waals surface area contributed by atoms with Gasteiger partial charge in [-0.15, -0.1) is 11.8 Å². The lowest BCUT2D eigenvalue weighted by molar-refractivity contribution is -0.137. The zero-order valence-corrected chi connectivity index (χ0v) is 13.5. The maximum absolute atomic E-state index is 13.0. The van der Waals surface area contributed by atoms with Gasteiger partial charge in [-0.3, -0.25) is 14.4 Å². The number of carbonyl (C=O) groups excluding carboxylic acids is 2. The van der Waals surface area contributed by atoms with Crippen molar-refractivity contribution in [1.82, 2.24) is 4.90 Å². The lowest BCUT2D eigenvalue weighted by Crippen LogP contribution is -2.31. The average Bonchev–Trinajstić information content (AvgIpc) is 2.72. The number of benzene rings is 1. The number of ketones is 1. The molecule has 5 nitrogen and oxygen atoms in total. The Kier molecular flexibility index (Phi) is 5.20. The van der Waals surface area contributed by atoms with Crippen molar-refractivity contribution in [2.24, 2.45) is 0 Å². The van der Waals surface area contributed by atoms with Crippen molar-refractivity contribution in [3.63, 3.8) is 0 Å². The van der Waals surface area contributed by atoms with Gasteiger partial charge in [-0.1, -0.05) is 6.92 Å². The number of hydrogen-bond acceptors (Lipinski definition) is 4. The van der Waals surface area contributed by atoms with E-state index in [2.05, 4.69) is 0 Å². The Morgan fingerprint density at radius 2 is 1.91 bits per heavy atom. The number of rotatable bonds is 6. The highest BCUT2D eigenvalue weighted by Crippen LogP contribution is 2.35. The fraction of sp³-hybridized carbons (Fsp3) is 0.312. The number of carboxylic acid groups (broad SMARTS) is 1. The molecule has 0 unspecified atom stereocenters. The Labute approximate surface area is 137 Å². The van der Waals surface area contributed by atoms with E-state index in [1.165, 1.54) is 28.8 Å². The summed E-state index contributed by atoms with van der Waals surface area (Å²) < 4.78 is 13.0. The van der Waals surface area contributed by atoms with Crippen LogP contribution in [-0.4, -0.2) is 45.8 Å². The quantitative estimate of drug-likeness (QED) is 0.807. The van der Waals surface area contributed by atoms with Gasteiger partial charge in [0.25, 0.3) is 5.91 Å². The van der Waals surface area contributed by atoms with Crippen LogP contribution in [0.25, 0.3) is 0 Å². The predicted molar refractivity (Wildman–Crippen MR) is 84.7 cm³/mol. The zero-order valence-electron chi connectivity index (χ0n) is 12.7. The summed E-state index contributed by atoms with van der Waals surface area (Å²) in [5.74, 6) is -1.88. The lowest BCUT2D eigenvalue weighted by atomic mass is 9.98. The highest BCUT2D eigenvalue weighted by molar-refractivity contribution is 8.00. The van der Waals surface area contributed by atoms with Gasteiger partial charge in [0.05, 0.1) is 6.42 Å². The van der Waals surface area contributed by atoms with E-state index in [9.17, 15) is 18.8 Å². The minimum Gasteiger partial charge on any atom is -0.481 e. The van der Waals surface area contributed by atoms with Crippen LogP contribution in [-0.2, 0) is 9.59 Å². The number of likely N-dealkylation sites (N-methyl/N-ethyl adjacent to an activating group) is 1. The topological polar surface area (TPSA) is 74.7 Å². The van der Waals surface area contributed by atoms with Crippen molar-refractivity contribution >= 4 is 29.4 Å². The summed E-state index contributed by atoms with van der Waals surface area (Å²) in [6, 6.07) is 4.99. The van der Waals surface area contributed by atoms with Crippen LogP contribution in [0.3, 0.4) is 0 Å². The second-order valence-electron chi connectivity index (χ2n) is 5.02. The maximum atomic E-state index is 13.0. The van der Waals surface area contributed by atoms with E-state index < -0.39 is 35.3 Å². The normalized spacial score (nSPS) is 17.8. The van der Waals surface area contributed by atoms with E-state index in [0.29, 0.717) is 5.75 Å². The van der Waals surface area contributed by atoms with Crippen LogP contribution in [0.15, 0.2) is 35.4 Å². The molecule has 0 radical (unpaired) electrons. The summed E-state index contributed by atoms with van der Waals surface area (Å²) in [5, 5.41) is 8.50. The van der Waals surface area contributed by atoms with Gasteiger partial charge in [0.15, 0.2) is 5.78 Å². The molecular formula is C16H16FNO4S. The molecule has 0 saturated carbocycles. The van der Waals surface area contributed by atoms with Gasteiger partial charge in [0.2, 0.25) is 0 Å². The standard InChI is InChI=1S/C16H16FNO4S/c1-3-23-16-13(11(8-12(19)20)15(22)18(16)2)14(21)9-4-6-10(17)7-5-9/h4-7,16H,3,8H2,1-2H3,(H,19,20)/t16-/m1/s1. The molecular weight excluding hydrogens is 321 g/mol. The highest BCUT2D eigenvalue weighted by Gasteiger charge is 2.41. The first-order valence-electron chi connectivity index (χ1n) is 7.00. The Bertz CT molecular complexity index is 684. The average molecular weight is 337 g/mol. The van der Waals surface area contributed by atoms with Crippen LogP contribution < -0.4 is 0 Å². The maximum Gasteiger partial charge on any atom is 0.308 e. The second kappa shape index (κ2) is 6.95. The van der Waals surface area contributed by atoms with E-state index in [4.69, 9.17) is 5.11 Å². The van der Waals surface area contributed by atoms with Gasteiger partial charge in [-0.05, 0) is 30.0 Å². The van der Waals surface area contributed by atoms with E-state index in [1.54, 1.807) is 7.05 Å². The smallest absolute Gasteiger partial charge is 0.308 e. The number of carboxylic acids is 1. The molecule has 1 aliphatic rings. The zero-order chi connectivity index (χ0) is 17.1. The molecule has 0 aliphatic carbocycles. The number of carbonyl (C=O) groups is 3. The van der Waals surface area contributed by atoms with Gasteiger partial charge in [-0.2, -0.15) is 0 Å². The Morgan fingerprint density at radius 1 is 1.30 bits per heavy atom. The number of nitrogens with zero attached hydrogens (tertiary/aromatic N) is 1. The molecule has 1 heterocycles. The molecule has 2 rings (SSSR count). The number of Topliss-reactive ketones (excluding diaryl/α,β-unsaturated/α-hetero) is 1. The molecule has 0 spiro atoms.